The first-order chi connectivity index (χ1) is 18.9. The molecule has 4 aromatic rings. The molecule has 3 aliphatic rings. The molecule has 2 fully saturated rings. The largest absolute Gasteiger partial charge is 0.370 e. The number of aryl methyl sites for hydroxylation is 1. The zero-order chi connectivity index (χ0) is 26.7. The third kappa shape index (κ3) is 4.32. The summed E-state index contributed by atoms with van der Waals surface area (Å²) in [5, 5.41) is 5.05. The number of pyridine rings is 1. The molecule has 1 atom stereocenters. The molecule has 39 heavy (non-hydrogen) atoms. The van der Waals surface area contributed by atoms with E-state index in [-0.39, 0.29) is 22.6 Å². The monoisotopic (exact) mass is 548 g/mol. The SMILES string of the molecule is Cn1cc([C@H]2CN(c3cc4c(=O)n5c(nc4c(-c4ccc(Cl)cc4F)n3)CC3(CCCCC3)C5)CCO2)cn1. The fourth-order valence-electron chi connectivity index (χ4n) is 6.61. The number of morpholine rings is 1. The minimum Gasteiger partial charge on any atom is -0.370 e. The van der Waals surface area contributed by atoms with Gasteiger partial charge in [-0.05, 0) is 42.5 Å². The van der Waals surface area contributed by atoms with Crippen LogP contribution in [0.25, 0.3) is 22.2 Å². The van der Waals surface area contributed by atoms with Crippen LogP contribution in [-0.4, -0.2) is 44.0 Å². The molecule has 0 radical (unpaired) electrons. The maximum absolute atomic E-state index is 15.3. The molecule has 1 saturated heterocycles. The lowest BCUT2D eigenvalue weighted by Gasteiger charge is -2.33. The van der Waals surface area contributed by atoms with Gasteiger partial charge < -0.3 is 9.64 Å². The van der Waals surface area contributed by atoms with Gasteiger partial charge in [-0.3, -0.25) is 14.0 Å². The smallest absolute Gasteiger partial charge is 0.261 e. The van der Waals surface area contributed by atoms with Crippen LogP contribution in [0.3, 0.4) is 0 Å². The van der Waals surface area contributed by atoms with Crippen LogP contribution in [0, 0.1) is 11.2 Å². The lowest BCUT2D eigenvalue weighted by atomic mass is 9.73. The van der Waals surface area contributed by atoms with Crippen LogP contribution in [0.15, 0.2) is 41.5 Å². The Hall–Kier alpha value is -3.30. The zero-order valence-corrected chi connectivity index (χ0v) is 22.6. The molecular weight excluding hydrogens is 519 g/mol. The van der Waals surface area contributed by atoms with Gasteiger partial charge in [-0.15, -0.1) is 0 Å². The van der Waals surface area contributed by atoms with Crippen molar-refractivity contribution in [2.75, 3.05) is 24.6 Å². The molecule has 10 heteroatoms. The number of rotatable bonds is 3. The third-order valence-electron chi connectivity index (χ3n) is 8.62. The summed E-state index contributed by atoms with van der Waals surface area (Å²) in [5.74, 6) is 0.895. The van der Waals surface area contributed by atoms with Crippen molar-refractivity contribution in [2.24, 2.45) is 12.5 Å². The maximum atomic E-state index is 15.3. The molecule has 5 heterocycles. The average Bonchev–Trinajstić information content (AvgIpc) is 3.52. The van der Waals surface area contributed by atoms with Crippen molar-refractivity contribution in [1.82, 2.24) is 24.3 Å². The summed E-state index contributed by atoms with van der Waals surface area (Å²) in [6.45, 7) is 2.33. The van der Waals surface area contributed by atoms with Gasteiger partial charge >= 0.3 is 0 Å². The number of aromatic nitrogens is 5. The van der Waals surface area contributed by atoms with Crippen molar-refractivity contribution in [3.63, 3.8) is 0 Å². The summed E-state index contributed by atoms with van der Waals surface area (Å²) in [5.41, 5.74) is 2.09. The summed E-state index contributed by atoms with van der Waals surface area (Å²) >= 11 is 6.08. The predicted molar refractivity (Wildman–Crippen MR) is 148 cm³/mol. The Morgan fingerprint density at radius 3 is 2.77 bits per heavy atom. The van der Waals surface area contributed by atoms with Gasteiger partial charge in [0.25, 0.3) is 5.56 Å². The van der Waals surface area contributed by atoms with Crippen LogP contribution in [0.4, 0.5) is 10.2 Å². The summed E-state index contributed by atoms with van der Waals surface area (Å²) in [6, 6.07) is 6.37. The zero-order valence-electron chi connectivity index (χ0n) is 21.9. The van der Waals surface area contributed by atoms with Crippen LogP contribution < -0.4 is 10.5 Å². The van der Waals surface area contributed by atoms with E-state index in [2.05, 4.69) is 10.00 Å². The number of fused-ring (bicyclic) bond motifs is 2. The van der Waals surface area contributed by atoms with Crippen LogP contribution in [0.1, 0.15) is 49.6 Å². The standard InChI is InChI=1S/C29H30ClFN6O2/c1-35-15-18(14-32-35)23-16-36(9-10-39-23)24-12-21-27(26(33-24)20-6-5-19(30)11-22(20)31)34-25-13-29(7-3-2-4-8-29)17-37(25)28(21)38/h5-6,11-12,14-15,23H,2-4,7-10,13,16-17H2,1H3/t23-/m1/s1. The Morgan fingerprint density at radius 2 is 2.00 bits per heavy atom. The van der Waals surface area contributed by atoms with Gasteiger partial charge in [0.05, 0.1) is 18.2 Å². The van der Waals surface area contributed by atoms with Gasteiger partial charge in [0, 0.05) is 55.4 Å². The molecule has 8 nitrogen and oxygen atoms in total. The molecule has 0 N–H and O–H groups in total. The molecule has 2 aliphatic heterocycles. The Morgan fingerprint density at radius 1 is 1.15 bits per heavy atom. The van der Waals surface area contributed by atoms with E-state index in [9.17, 15) is 4.79 Å². The molecule has 0 amide bonds. The molecule has 0 unspecified atom stereocenters. The molecule has 202 valence electrons. The van der Waals surface area contributed by atoms with E-state index in [1.807, 2.05) is 23.9 Å². The highest BCUT2D eigenvalue weighted by atomic mass is 35.5. The average molecular weight is 549 g/mol. The lowest BCUT2D eigenvalue weighted by molar-refractivity contribution is 0.0395. The highest BCUT2D eigenvalue weighted by Gasteiger charge is 2.40. The fourth-order valence-corrected chi connectivity index (χ4v) is 6.77. The van der Waals surface area contributed by atoms with Crippen molar-refractivity contribution in [1.29, 1.82) is 0 Å². The van der Waals surface area contributed by atoms with E-state index >= 15 is 4.39 Å². The van der Waals surface area contributed by atoms with Crippen molar-refractivity contribution in [3.8, 4) is 11.3 Å². The van der Waals surface area contributed by atoms with Gasteiger partial charge in [-0.2, -0.15) is 5.10 Å². The van der Waals surface area contributed by atoms with E-state index in [0.717, 1.165) is 30.7 Å². The number of hydrogen-bond acceptors (Lipinski definition) is 6. The Kier molecular flexibility index (Phi) is 5.97. The summed E-state index contributed by atoms with van der Waals surface area (Å²) in [6.07, 6.45) is 10.2. The summed E-state index contributed by atoms with van der Waals surface area (Å²) < 4.78 is 24.9. The van der Waals surface area contributed by atoms with Gasteiger partial charge in [0.1, 0.15) is 34.8 Å². The second-order valence-corrected chi connectivity index (χ2v) is 11.7. The third-order valence-corrected chi connectivity index (χ3v) is 8.86. The normalized spacial score (nSPS) is 20.6. The molecule has 7 rings (SSSR count). The van der Waals surface area contributed by atoms with Crippen LogP contribution in [0.2, 0.25) is 5.02 Å². The first kappa shape index (κ1) is 24.7. The topological polar surface area (TPSA) is 78.1 Å². The molecule has 1 aliphatic carbocycles. The molecule has 1 aromatic carbocycles. The van der Waals surface area contributed by atoms with E-state index < -0.39 is 5.82 Å². The van der Waals surface area contributed by atoms with Crippen molar-refractivity contribution in [2.45, 2.75) is 51.2 Å². The lowest BCUT2D eigenvalue weighted by Crippen LogP contribution is -2.39. The second kappa shape index (κ2) is 9.41. The first-order valence-corrected chi connectivity index (χ1v) is 14.0. The van der Waals surface area contributed by atoms with E-state index in [1.54, 1.807) is 23.0 Å². The van der Waals surface area contributed by atoms with Gasteiger partial charge in [-0.25, -0.2) is 14.4 Å². The molecule has 1 spiro atoms. The predicted octanol–water partition coefficient (Wildman–Crippen LogP) is 5.07. The van der Waals surface area contributed by atoms with Crippen LogP contribution >= 0.6 is 11.6 Å². The number of halogens is 2. The van der Waals surface area contributed by atoms with Crippen molar-refractivity contribution < 1.29 is 9.13 Å². The molecule has 1 saturated carbocycles. The van der Waals surface area contributed by atoms with Crippen LogP contribution in [-0.2, 0) is 24.8 Å². The van der Waals surface area contributed by atoms with Crippen molar-refractivity contribution >= 4 is 28.3 Å². The Balaban J connectivity index is 1.37. The summed E-state index contributed by atoms with van der Waals surface area (Å²) in [7, 11) is 1.87. The number of nitrogens with zero attached hydrogens (tertiary/aromatic N) is 6. The van der Waals surface area contributed by atoms with Gasteiger partial charge in [-0.1, -0.05) is 30.9 Å². The van der Waals surface area contributed by atoms with E-state index in [1.165, 1.54) is 25.3 Å². The summed E-state index contributed by atoms with van der Waals surface area (Å²) in [4.78, 5) is 26.1. The Labute approximate surface area is 230 Å². The Bertz CT molecular complexity index is 1640. The maximum Gasteiger partial charge on any atom is 0.261 e. The molecule has 3 aromatic heterocycles. The van der Waals surface area contributed by atoms with E-state index in [4.69, 9.17) is 26.3 Å². The quantitative estimate of drug-likeness (QED) is 0.356. The van der Waals surface area contributed by atoms with Crippen LogP contribution in [0.5, 0.6) is 0 Å². The number of ether oxygens (including phenoxy) is 1. The van der Waals surface area contributed by atoms with Crippen molar-refractivity contribution in [3.05, 3.63) is 69.2 Å². The minimum atomic E-state index is -0.491. The molecular formula is C29H30ClFN6O2. The highest BCUT2D eigenvalue weighted by molar-refractivity contribution is 6.30. The number of benzene rings is 1. The van der Waals surface area contributed by atoms with Gasteiger partial charge in [0.2, 0.25) is 0 Å². The minimum absolute atomic E-state index is 0.0752. The van der Waals surface area contributed by atoms with Gasteiger partial charge in [0.15, 0.2) is 0 Å². The second-order valence-electron chi connectivity index (χ2n) is 11.3. The van der Waals surface area contributed by atoms with E-state index in [0.29, 0.717) is 53.7 Å². The molecule has 0 bridgehead atoms. The number of anilines is 1. The highest BCUT2D eigenvalue weighted by Crippen LogP contribution is 2.44. The number of hydrogen-bond donors (Lipinski definition) is 0. The first-order valence-electron chi connectivity index (χ1n) is 13.6. The fraction of sp³-hybridized carbons (Fsp3) is 0.448.